The number of amides is 1. The molecule has 27 heavy (non-hydrogen) atoms. The molecule has 0 radical (unpaired) electrons. The number of allylic oxidation sites excluding steroid dienone is 1. The standard InChI is InChI=1S/C21H27N3OS2/c1-15-19(10-9-17-7-5-4-6-8-17)21(25)24(3)20(22-15)11-12-26-13-18-14-27-16(2)23-18/h4-8,14,20,22H,9-13H2,1-3H3. The van der Waals surface area contributed by atoms with Gasteiger partial charge in [-0.15, -0.1) is 11.3 Å². The number of hydrogen-bond donors (Lipinski definition) is 1. The van der Waals surface area contributed by atoms with Crippen LogP contribution in [0.3, 0.4) is 0 Å². The Bertz CT molecular complexity index is 801. The third-order valence-corrected chi connectivity index (χ3v) is 6.69. The van der Waals surface area contributed by atoms with Crippen LogP contribution in [0.1, 0.15) is 36.0 Å². The zero-order chi connectivity index (χ0) is 19.2. The second-order valence-corrected chi connectivity index (χ2v) is 9.03. The Morgan fingerprint density at radius 2 is 2.00 bits per heavy atom. The smallest absolute Gasteiger partial charge is 0.252 e. The summed E-state index contributed by atoms with van der Waals surface area (Å²) >= 11 is 3.58. The van der Waals surface area contributed by atoms with E-state index in [0.29, 0.717) is 0 Å². The first-order valence-electron chi connectivity index (χ1n) is 9.30. The van der Waals surface area contributed by atoms with Crippen molar-refractivity contribution in [3.8, 4) is 0 Å². The molecule has 2 aromatic rings. The summed E-state index contributed by atoms with van der Waals surface area (Å²) in [5.74, 6) is 2.09. The van der Waals surface area contributed by atoms with Crippen LogP contribution in [-0.4, -0.2) is 34.8 Å². The lowest BCUT2D eigenvalue weighted by Crippen LogP contribution is -2.51. The van der Waals surface area contributed by atoms with Gasteiger partial charge in [-0.1, -0.05) is 30.3 Å². The number of carbonyl (C=O) groups excluding carboxylic acids is 1. The van der Waals surface area contributed by atoms with Gasteiger partial charge in [0.25, 0.3) is 5.91 Å². The van der Waals surface area contributed by atoms with Gasteiger partial charge >= 0.3 is 0 Å². The number of thiazole rings is 1. The van der Waals surface area contributed by atoms with Crippen molar-refractivity contribution in [1.29, 1.82) is 0 Å². The fourth-order valence-electron chi connectivity index (χ4n) is 3.27. The highest BCUT2D eigenvalue weighted by Crippen LogP contribution is 2.23. The van der Waals surface area contributed by atoms with Crippen LogP contribution in [0.4, 0.5) is 0 Å². The zero-order valence-corrected chi connectivity index (χ0v) is 17.8. The van der Waals surface area contributed by atoms with Gasteiger partial charge in [0.15, 0.2) is 0 Å². The van der Waals surface area contributed by atoms with E-state index in [2.05, 4.69) is 27.8 Å². The minimum atomic E-state index is 0.0719. The predicted molar refractivity (Wildman–Crippen MR) is 115 cm³/mol. The number of aromatic nitrogens is 1. The summed E-state index contributed by atoms with van der Waals surface area (Å²) in [6.07, 6.45) is 2.67. The number of benzene rings is 1. The first kappa shape index (κ1) is 20.0. The summed E-state index contributed by atoms with van der Waals surface area (Å²) in [5, 5.41) is 6.79. The predicted octanol–water partition coefficient (Wildman–Crippen LogP) is 4.37. The van der Waals surface area contributed by atoms with Gasteiger partial charge in [-0.3, -0.25) is 4.79 Å². The lowest BCUT2D eigenvalue weighted by molar-refractivity contribution is -0.129. The van der Waals surface area contributed by atoms with Gasteiger partial charge in [-0.25, -0.2) is 4.98 Å². The van der Waals surface area contributed by atoms with Crippen molar-refractivity contribution >= 4 is 29.0 Å². The molecule has 1 N–H and O–H groups in total. The molecule has 0 bridgehead atoms. The first-order chi connectivity index (χ1) is 13.0. The number of likely N-dealkylation sites (N-methyl/N-ethyl adjacent to an activating group) is 1. The molecule has 0 saturated heterocycles. The number of nitrogens with zero attached hydrogens (tertiary/aromatic N) is 2. The molecule has 1 aromatic carbocycles. The summed E-state index contributed by atoms with van der Waals surface area (Å²) in [6.45, 7) is 4.07. The lowest BCUT2D eigenvalue weighted by Gasteiger charge is -2.36. The fraction of sp³-hybridized carbons (Fsp3) is 0.429. The molecule has 0 aliphatic carbocycles. The molecule has 1 atom stereocenters. The summed E-state index contributed by atoms with van der Waals surface area (Å²) < 4.78 is 0. The highest BCUT2D eigenvalue weighted by atomic mass is 32.2. The molecule has 2 heterocycles. The summed E-state index contributed by atoms with van der Waals surface area (Å²) in [7, 11) is 1.91. The van der Waals surface area contributed by atoms with Crippen molar-refractivity contribution in [2.24, 2.45) is 0 Å². The molecule has 3 rings (SSSR count). The van der Waals surface area contributed by atoms with Crippen molar-refractivity contribution in [3.05, 3.63) is 63.2 Å². The van der Waals surface area contributed by atoms with Crippen molar-refractivity contribution in [3.63, 3.8) is 0 Å². The molecule has 144 valence electrons. The normalized spacial score (nSPS) is 17.4. The van der Waals surface area contributed by atoms with Crippen molar-refractivity contribution in [2.45, 2.75) is 45.0 Å². The highest BCUT2D eigenvalue weighted by molar-refractivity contribution is 7.98. The summed E-state index contributed by atoms with van der Waals surface area (Å²) in [5.41, 5.74) is 4.36. The first-order valence-corrected chi connectivity index (χ1v) is 11.3. The van der Waals surface area contributed by atoms with Crippen molar-refractivity contribution in [2.75, 3.05) is 12.8 Å². The van der Waals surface area contributed by atoms with Crippen LogP contribution in [0.25, 0.3) is 0 Å². The quantitative estimate of drug-likeness (QED) is 0.667. The Balaban J connectivity index is 1.50. The van der Waals surface area contributed by atoms with E-state index in [0.717, 1.165) is 52.7 Å². The number of carbonyl (C=O) groups is 1. The third-order valence-electron chi connectivity index (χ3n) is 4.84. The SMILES string of the molecule is CC1=C(CCc2ccccc2)C(=O)N(C)C(CCSCc2csc(C)n2)N1. The lowest BCUT2D eigenvalue weighted by atomic mass is 10.00. The molecular weight excluding hydrogens is 374 g/mol. The van der Waals surface area contributed by atoms with Gasteiger partial charge in [-0.2, -0.15) is 11.8 Å². The highest BCUT2D eigenvalue weighted by Gasteiger charge is 2.29. The molecular formula is C21H27N3OS2. The monoisotopic (exact) mass is 401 g/mol. The maximum absolute atomic E-state index is 12.8. The van der Waals surface area contributed by atoms with Crippen LogP contribution in [0.2, 0.25) is 0 Å². The second-order valence-electron chi connectivity index (χ2n) is 6.86. The summed E-state index contributed by atoms with van der Waals surface area (Å²) in [4.78, 5) is 19.2. The minimum Gasteiger partial charge on any atom is -0.368 e. The molecule has 1 aromatic heterocycles. The van der Waals surface area contributed by atoms with E-state index in [4.69, 9.17) is 0 Å². The van der Waals surface area contributed by atoms with Crippen LogP contribution in [0.15, 0.2) is 47.0 Å². The Morgan fingerprint density at radius 1 is 1.22 bits per heavy atom. The van der Waals surface area contributed by atoms with E-state index in [-0.39, 0.29) is 12.1 Å². The molecule has 1 aliphatic rings. The second kappa shape index (κ2) is 9.42. The van der Waals surface area contributed by atoms with Crippen molar-refractivity contribution < 1.29 is 4.79 Å². The van der Waals surface area contributed by atoms with Gasteiger partial charge in [-0.05, 0) is 44.4 Å². The van der Waals surface area contributed by atoms with E-state index in [1.165, 1.54) is 5.56 Å². The van der Waals surface area contributed by atoms with E-state index in [1.54, 1.807) is 11.3 Å². The van der Waals surface area contributed by atoms with E-state index < -0.39 is 0 Å². The molecule has 1 amide bonds. The average Bonchev–Trinajstić information content (AvgIpc) is 3.08. The van der Waals surface area contributed by atoms with Crippen LogP contribution in [-0.2, 0) is 17.0 Å². The molecule has 0 fully saturated rings. The number of rotatable bonds is 8. The van der Waals surface area contributed by atoms with Gasteiger partial charge in [0.05, 0.1) is 10.7 Å². The molecule has 0 spiro atoms. The largest absolute Gasteiger partial charge is 0.368 e. The Kier molecular flexibility index (Phi) is 6.96. The Labute approximate surface area is 170 Å². The van der Waals surface area contributed by atoms with Crippen LogP contribution in [0.5, 0.6) is 0 Å². The van der Waals surface area contributed by atoms with E-state index >= 15 is 0 Å². The van der Waals surface area contributed by atoms with Crippen LogP contribution >= 0.6 is 23.1 Å². The number of hydrogen-bond acceptors (Lipinski definition) is 5. The van der Waals surface area contributed by atoms with E-state index in [1.807, 2.05) is 55.8 Å². The molecule has 6 heteroatoms. The Morgan fingerprint density at radius 3 is 2.70 bits per heavy atom. The van der Waals surface area contributed by atoms with Gasteiger partial charge < -0.3 is 10.2 Å². The van der Waals surface area contributed by atoms with Gasteiger partial charge in [0.2, 0.25) is 0 Å². The maximum atomic E-state index is 12.8. The fourth-order valence-corrected chi connectivity index (χ4v) is 4.88. The Hall–Kier alpha value is -1.79. The van der Waals surface area contributed by atoms with Gasteiger partial charge in [0, 0.05) is 29.5 Å². The number of nitrogens with one attached hydrogen (secondary N) is 1. The third kappa shape index (κ3) is 5.36. The molecule has 1 unspecified atom stereocenters. The minimum absolute atomic E-state index is 0.0719. The maximum Gasteiger partial charge on any atom is 0.252 e. The van der Waals surface area contributed by atoms with Gasteiger partial charge in [0.1, 0.15) is 6.17 Å². The number of aryl methyl sites for hydroxylation is 2. The average molecular weight is 402 g/mol. The zero-order valence-electron chi connectivity index (χ0n) is 16.2. The van der Waals surface area contributed by atoms with Crippen LogP contribution < -0.4 is 5.32 Å². The molecule has 0 saturated carbocycles. The van der Waals surface area contributed by atoms with Crippen LogP contribution in [0, 0.1) is 6.92 Å². The van der Waals surface area contributed by atoms with Crippen molar-refractivity contribution in [1.82, 2.24) is 15.2 Å². The molecule has 1 aliphatic heterocycles. The summed E-state index contributed by atoms with van der Waals surface area (Å²) in [6, 6.07) is 10.3. The topological polar surface area (TPSA) is 45.2 Å². The number of thioether (sulfide) groups is 1. The van der Waals surface area contributed by atoms with E-state index in [9.17, 15) is 4.79 Å². The molecule has 4 nitrogen and oxygen atoms in total.